The van der Waals surface area contributed by atoms with Crippen LogP contribution in [0.1, 0.15) is 41.5 Å². The molecule has 1 heterocycles. The van der Waals surface area contributed by atoms with Crippen LogP contribution >= 0.6 is 0 Å². The highest BCUT2D eigenvalue weighted by Crippen LogP contribution is 2.29. The molecule has 0 atom stereocenters. The predicted octanol–water partition coefficient (Wildman–Crippen LogP) is 3.81. The summed E-state index contributed by atoms with van der Waals surface area (Å²) in [6.07, 6.45) is -4.54. The summed E-state index contributed by atoms with van der Waals surface area (Å²) in [6, 6.07) is 7.87. The summed E-state index contributed by atoms with van der Waals surface area (Å²) in [7, 11) is 1.15. The van der Waals surface area contributed by atoms with Crippen molar-refractivity contribution in [3.8, 4) is 0 Å². The SMILES string of the molecule is CC(C)c1ccc(NC(=O)c2cc(C(F)(F)F)n(C)n2)cc1. The number of hydrogen-bond donors (Lipinski definition) is 1. The molecular formula is C15H16F3N3O. The average molecular weight is 311 g/mol. The molecular weight excluding hydrogens is 295 g/mol. The number of nitrogens with one attached hydrogen (secondary N) is 1. The lowest BCUT2D eigenvalue weighted by Gasteiger charge is -2.07. The molecule has 1 aromatic carbocycles. The first-order valence-electron chi connectivity index (χ1n) is 6.71. The molecule has 2 rings (SSSR count). The number of benzene rings is 1. The molecule has 0 bridgehead atoms. The number of halogens is 3. The zero-order valence-corrected chi connectivity index (χ0v) is 12.4. The van der Waals surface area contributed by atoms with Gasteiger partial charge in [0, 0.05) is 18.8 Å². The topological polar surface area (TPSA) is 46.9 Å². The maximum Gasteiger partial charge on any atom is 0.433 e. The van der Waals surface area contributed by atoms with Gasteiger partial charge in [-0.1, -0.05) is 26.0 Å². The highest BCUT2D eigenvalue weighted by Gasteiger charge is 2.35. The van der Waals surface area contributed by atoms with Crippen LogP contribution in [0.4, 0.5) is 18.9 Å². The van der Waals surface area contributed by atoms with Crippen LogP contribution in [0.15, 0.2) is 30.3 Å². The lowest BCUT2D eigenvalue weighted by Crippen LogP contribution is -2.13. The van der Waals surface area contributed by atoms with Gasteiger partial charge in [0.2, 0.25) is 0 Å². The van der Waals surface area contributed by atoms with Crippen LogP contribution in [-0.4, -0.2) is 15.7 Å². The Labute approximate surface area is 125 Å². The van der Waals surface area contributed by atoms with Gasteiger partial charge in [0.05, 0.1) is 0 Å². The van der Waals surface area contributed by atoms with E-state index in [1.54, 1.807) is 12.1 Å². The molecule has 1 N–H and O–H groups in total. The smallest absolute Gasteiger partial charge is 0.321 e. The predicted molar refractivity (Wildman–Crippen MR) is 76.7 cm³/mol. The molecule has 4 nitrogen and oxygen atoms in total. The summed E-state index contributed by atoms with van der Waals surface area (Å²) in [5.41, 5.74) is 0.374. The number of aromatic nitrogens is 2. The largest absolute Gasteiger partial charge is 0.433 e. The Balaban J connectivity index is 2.16. The van der Waals surface area contributed by atoms with Crippen molar-refractivity contribution in [3.05, 3.63) is 47.3 Å². The number of amides is 1. The minimum Gasteiger partial charge on any atom is -0.321 e. The van der Waals surface area contributed by atoms with Crippen molar-refractivity contribution in [2.75, 3.05) is 5.32 Å². The second-order valence-electron chi connectivity index (χ2n) is 5.27. The first-order chi connectivity index (χ1) is 10.2. The third kappa shape index (κ3) is 3.47. The summed E-state index contributed by atoms with van der Waals surface area (Å²) < 4.78 is 38.7. The Morgan fingerprint density at radius 2 is 1.82 bits per heavy atom. The molecule has 1 aromatic heterocycles. The van der Waals surface area contributed by atoms with Crippen molar-refractivity contribution in [1.82, 2.24) is 9.78 Å². The van der Waals surface area contributed by atoms with E-state index in [1.807, 2.05) is 26.0 Å². The van der Waals surface area contributed by atoms with Crippen molar-refractivity contribution in [2.45, 2.75) is 25.9 Å². The van der Waals surface area contributed by atoms with Crippen LogP contribution in [-0.2, 0) is 13.2 Å². The summed E-state index contributed by atoms with van der Waals surface area (Å²) in [5, 5.41) is 6.14. The maximum absolute atomic E-state index is 12.7. The van der Waals surface area contributed by atoms with Crippen LogP contribution < -0.4 is 5.32 Å². The molecule has 2 aromatic rings. The number of rotatable bonds is 3. The molecule has 0 unspecified atom stereocenters. The van der Waals surface area contributed by atoms with Crippen molar-refractivity contribution >= 4 is 11.6 Å². The number of hydrogen-bond acceptors (Lipinski definition) is 2. The maximum atomic E-state index is 12.7. The molecule has 0 fully saturated rings. The number of anilines is 1. The third-order valence-electron chi connectivity index (χ3n) is 3.24. The molecule has 0 aliphatic carbocycles. The summed E-state index contributed by atoms with van der Waals surface area (Å²) >= 11 is 0. The Bertz CT molecular complexity index is 672. The average Bonchev–Trinajstić information content (AvgIpc) is 2.81. The highest BCUT2D eigenvalue weighted by molar-refractivity contribution is 6.02. The number of carbonyl (C=O) groups is 1. The second-order valence-corrected chi connectivity index (χ2v) is 5.27. The fourth-order valence-corrected chi connectivity index (χ4v) is 1.99. The Morgan fingerprint density at radius 3 is 2.27 bits per heavy atom. The van der Waals surface area contributed by atoms with Crippen LogP contribution in [0, 0.1) is 0 Å². The summed E-state index contributed by atoms with van der Waals surface area (Å²) in [5.74, 6) is -0.321. The first kappa shape index (κ1) is 16.1. The molecule has 0 saturated heterocycles. The molecule has 0 saturated carbocycles. The van der Waals surface area contributed by atoms with Gasteiger partial charge in [-0.15, -0.1) is 0 Å². The van der Waals surface area contributed by atoms with Gasteiger partial charge < -0.3 is 5.32 Å². The lowest BCUT2D eigenvalue weighted by molar-refractivity contribution is -0.143. The third-order valence-corrected chi connectivity index (χ3v) is 3.24. The monoisotopic (exact) mass is 311 g/mol. The number of nitrogens with zero attached hydrogens (tertiary/aromatic N) is 2. The van der Waals surface area contributed by atoms with E-state index in [1.165, 1.54) is 0 Å². The minimum absolute atomic E-state index is 0.275. The first-order valence-corrected chi connectivity index (χ1v) is 6.71. The van der Waals surface area contributed by atoms with Crippen LogP contribution in [0.25, 0.3) is 0 Å². The van der Waals surface area contributed by atoms with E-state index < -0.39 is 17.8 Å². The second kappa shape index (κ2) is 5.82. The zero-order valence-electron chi connectivity index (χ0n) is 12.4. The van der Waals surface area contributed by atoms with Gasteiger partial charge in [-0.2, -0.15) is 18.3 Å². The van der Waals surface area contributed by atoms with E-state index in [4.69, 9.17) is 0 Å². The molecule has 22 heavy (non-hydrogen) atoms. The van der Waals surface area contributed by atoms with E-state index in [9.17, 15) is 18.0 Å². The fraction of sp³-hybridized carbons (Fsp3) is 0.333. The van der Waals surface area contributed by atoms with Crippen LogP contribution in [0.5, 0.6) is 0 Å². The van der Waals surface area contributed by atoms with Crippen molar-refractivity contribution in [2.24, 2.45) is 7.05 Å². The summed E-state index contributed by atoms with van der Waals surface area (Å²) in [4.78, 5) is 12.0. The van der Waals surface area contributed by atoms with Crippen molar-refractivity contribution in [1.29, 1.82) is 0 Å². The Morgan fingerprint density at radius 1 is 1.23 bits per heavy atom. The van der Waals surface area contributed by atoms with Gasteiger partial charge in [-0.25, -0.2) is 0 Å². The van der Waals surface area contributed by atoms with Crippen molar-refractivity contribution in [3.63, 3.8) is 0 Å². The number of alkyl halides is 3. The van der Waals surface area contributed by atoms with Gasteiger partial charge in [0.1, 0.15) is 5.69 Å². The van der Waals surface area contributed by atoms with Gasteiger partial charge in [-0.05, 0) is 23.6 Å². The summed E-state index contributed by atoms with van der Waals surface area (Å²) in [6.45, 7) is 4.08. The highest BCUT2D eigenvalue weighted by atomic mass is 19.4. The van der Waals surface area contributed by atoms with E-state index >= 15 is 0 Å². The van der Waals surface area contributed by atoms with E-state index in [-0.39, 0.29) is 5.69 Å². The molecule has 0 spiro atoms. The quantitative estimate of drug-likeness (QED) is 0.937. The molecule has 0 aliphatic heterocycles. The molecule has 0 aliphatic rings. The Kier molecular flexibility index (Phi) is 4.25. The standard InChI is InChI=1S/C15H16F3N3O/c1-9(2)10-4-6-11(7-5-10)19-14(22)12-8-13(15(16,17)18)21(3)20-12/h4-9H,1-3H3,(H,19,22). The fourth-order valence-electron chi connectivity index (χ4n) is 1.99. The minimum atomic E-state index is -4.54. The van der Waals surface area contributed by atoms with Crippen molar-refractivity contribution < 1.29 is 18.0 Å². The van der Waals surface area contributed by atoms with Gasteiger partial charge in [-0.3, -0.25) is 9.48 Å². The molecule has 118 valence electrons. The molecule has 7 heteroatoms. The van der Waals surface area contributed by atoms with Gasteiger partial charge in [0.25, 0.3) is 5.91 Å². The molecule has 0 radical (unpaired) electrons. The normalized spacial score (nSPS) is 11.8. The van der Waals surface area contributed by atoms with E-state index in [0.29, 0.717) is 16.3 Å². The van der Waals surface area contributed by atoms with Crippen LogP contribution in [0.2, 0.25) is 0 Å². The van der Waals surface area contributed by atoms with Gasteiger partial charge >= 0.3 is 6.18 Å². The Hall–Kier alpha value is -2.31. The molecule has 1 amide bonds. The number of aryl methyl sites for hydroxylation is 1. The van der Waals surface area contributed by atoms with E-state index in [2.05, 4.69) is 10.4 Å². The van der Waals surface area contributed by atoms with Gasteiger partial charge in [0.15, 0.2) is 5.69 Å². The zero-order chi connectivity index (χ0) is 16.5. The lowest BCUT2D eigenvalue weighted by atomic mass is 10.0. The van der Waals surface area contributed by atoms with Crippen LogP contribution in [0.3, 0.4) is 0 Å². The van der Waals surface area contributed by atoms with E-state index in [0.717, 1.165) is 18.7 Å². The number of carbonyl (C=O) groups excluding carboxylic acids is 1.